The molecule has 1 unspecified atom stereocenters. The summed E-state index contributed by atoms with van der Waals surface area (Å²) in [6, 6.07) is 12.1. The lowest BCUT2D eigenvalue weighted by molar-refractivity contribution is -0.130. The van der Waals surface area contributed by atoms with Gasteiger partial charge in [0.2, 0.25) is 5.91 Å². The second-order valence-corrected chi connectivity index (χ2v) is 7.47. The number of nitrogens with one attached hydrogen (secondary N) is 1. The van der Waals surface area contributed by atoms with Gasteiger partial charge >= 0.3 is 0 Å². The van der Waals surface area contributed by atoms with E-state index in [0.717, 1.165) is 16.7 Å². The van der Waals surface area contributed by atoms with Crippen molar-refractivity contribution in [2.24, 2.45) is 5.41 Å². The van der Waals surface area contributed by atoms with E-state index < -0.39 is 5.41 Å². The highest BCUT2D eigenvalue weighted by atomic mass is 35.5. The number of carbonyl (C=O) groups is 1. The molecule has 1 amide bonds. The fourth-order valence-corrected chi connectivity index (χ4v) is 3.01. The maximum absolute atomic E-state index is 12.8. The zero-order valence-electron chi connectivity index (χ0n) is 15.8. The van der Waals surface area contributed by atoms with E-state index >= 15 is 0 Å². The Morgan fingerprint density at radius 3 is 2.41 bits per heavy atom. The number of halogens is 1. The molecule has 144 valence electrons. The van der Waals surface area contributed by atoms with E-state index in [9.17, 15) is 15.0 Å². The number of rotatable bonds is 8. The summed E-state index contributed by atoms with van der Waals surface area (Å²) in [6.07, 6.45) is 1.81. The van der Waals surface area contributed by atoms with Crippen LogP contribution in [0.1, 0.15) is 37.8 Å². The quantitative estimate of drug-likeness (QED) is 0.562. The molecule has 3 N–H and O–H groups in total. The first-order valence-corrected chi connectivity index (χ1v) is 9.36. The monoisotopic (exact) mass is 387 g/mol. The Labute approximate surface area is 165 Å². The number of phenols is 2. The smallest absolute Gasteiger partial charge is 0.226 e. The number of benzene rings is 2. The van der Waals surface area contributed by atoms with Gasteiger partial charge in [0.15, 0.2) is 11.5 Å². The molecule has 2 rings (SSSR count). The fraction of sp³-hybridized carbons (Fsp3) is 0.318. The van der Waals surface area contributed by atoms with Gasteiger partial charge in [0, 0.05) is 11.6 Å². The maximum atomic E-state index is 12.8. The van der Waals surface area contributed by atoms with Crippen LogP contribution in [-0.4, -0.2) is 22.7 Å². The molecule has 4 nitrogen and oxygen atoms in total. The first-order chi connectivity index (χ1) is 12.7. The lowest BCUT2D eigenvalue weighted by Gasteiger charge is -2.28. The van der Waals surface area contributed by atoms with Gasteiger partial charge in [-0.15, -0.1) is 0 Å². The van der Waals surface area contributed by atoms with Gasteiger partial charge in [-0.2, -0.15) is 0 Å². The number of allylic oxidation sites excluding steroid dienone is 1. The van der Waals surface area contributed by atoms with Crippen LogP contribution in [-0.2, 0) is 11.2 Å². The zero-order valence-corrected chi connectivity index (χ0v) is 16.5. The van der Waals surface area contributed by atoms with E-state index in [-0.39, 0.29) is 17.4 Å². The Bertz CT molecular complexity index is 817. The molecule has 1 atom stereocenters. The largest absolute Gasteiger partial charge is 0.504 e. The van der Waals surface area contributed by atoms with E-state index in [0.29, 0.717) is 30.8 Å². The third-order valence-electron chi connectivity index (χ3n) is 4.92. The van der Waals surface area contributed by atoms with E-state index in [1.54, 1.807) is 6.07 Å². The summed E-state index contributed by atoms with van der Waals surface area (Å²) in [7, 11) is 0. The molecule has 2 aromatic rings. The topological polar surface area (TPSA) is 69.6 Å². The van der Waals surface area contributed by atoms with Crippen molar-refractivity contribution in [1.82, 2.24) is 5.32 Å². The van der Waals surface area contributed by atoms with Crippen LogP contribution in [0.5, 0.6) is 11.5 Å². The average molecular weight is 388 g/mol. The fourth-order valence-electron chi connectivity index (χ4n) is 2.88. The molecule has 0 aliphatic heterocycles. The number of hydrogen-bond donors (Lipinski definition) is 3. The van der Waals surface area contributed by atoms with Crippen molar-refractivity contribution in [3.05, 3.63) is 65.2 Å². The molecule has 0 heterocycles. The highest BCUT2D eigenvalue weighted by Gasteiger charge is 2.31. The summed E-state index contributed by atoms with van der Waals surface area (Å²) in [5.41, 5.74) is 2.16. The van der Waals surface area contributed by atoms with E-state index in [2.05, 4.69) is 11.9 Å². The summed E-state index contributed by atoms with van der Waals surface area (Å²) in [6.45, 7) is 8.52. The molecule has 0 fully saturated rings. The highest BCUT2D eigenvalue weighted by Crippen LogP contribution is 2.34. The van der Waals surface area contributed by atoms with E-state index in [1.807, 2.05) is 38.1 Å². The predicted molar refractivity (Wildman–Crippen MR) is 110 cm³/mol. The molecule has 0 saturated heterocycles. The van der Waals surface area contributed by atoms with Crippen molar-refractivity contribution in [2.75, 3.05) is 6.54 Å². The predicted octanol–water partition coefficient (Wildman–Crippen LogP) is 4.93. The van der Waals surface area contributed by atoms with Crippen LogP contribution in [0.2, 0.25) is 5.02 Å². The lowest BCUT2D eigenvalue weighted by Crippen LogP contribution is -2.39. The molecule has 0 spiro atoms. The van der Waals surface area contributed by atoms with Gasteiger partial charge in [-0.3, -0.25) is 4.79 Å². The van der Waals surface area contributed by atoms with Crippen molar-refractivity contribution in [3.63, 3.8) is 0 Å². The number of phenolic OH excluding ortho intramolecular Hbond substituents is 2. The molecular weight excluding hydrogens is 362 g/mol. The van der Waals surface area contributed by atoms with Crippen molar-refractivity contribution >= 4 is 23.1 Å². The number of amides is 1. The lowest BCUT2D eigenvalue weighted by atomic mass is 9.79. The summed E-state index contributed by atoms with van der Waals surface area (Å²) in [5, 5.41) is 22.5. The van der Waals surface area contributed by atoms with Gasteiger partial charge in [-0.25, -0.2) is 0 Å². The van der Waals surface area contributed by atoms with Crippen LogP contribution in [0, 0.1) is 5.41 Å². The average Bonchev–Trinajstić information content (AvgIpc) is 2.64. The number of carbonyl (C=O) groups excluding carboxylic acids is 1. The molecule has 0 aliphatic rings. The Balaban J connectivity index is 1.95. The van der Waals surface area contributed by atoms with Gasteiger partial charge < -0.3 is 15.5 Å². The minimum atomic E-state index is -0.562. The van der Waals surface area contributed by atoms with Gasteiger partial charge in [0.25, 0.3) is 0 Å². The van der Waals surface area contributed by atoms with Crippen LogP contribution < -0.4 is 5.32 Å². The Hall–Kier alpha value is -2.46. The standard InChI is InChI=1S/C22H26ClNO3/c1-4-22(3,14-15(2)17-6-8-18(23)9-7-17)21(27)24-12-11-16-5-10-19(25)20(26)13-16/h5-10,13,25-26H,2,4,11-12,14H2,1,3H3,(H,24,27). The Morgan fingerprint density at radius 1 is 1.15 bits per heavy atom. The third kappa shape index (κ3) is 5.51. The first kappa shape index (κ1) is 20.8. The molecule has 0 bridgehead atoms. The summed E-state index contributed by atoms with van der Waals surface area (Å²) < 4.78 is 0. The number of hydrogen-bond acceptors (Lipinski definition) is 3. The summed E-state index contributed by atoms with van der Waals surface area (Å²) >= 11 is 5.93. The van der Waals surface area contributed by atoms with Crippen molar-refractivity contribution < 1.29 is 15.0 Å². The minimum absolute atomic E-state index is 0.0249. The van der Waals surface area contributed by atoms with Crippen LogP contribution in [0.15, 0.2) is 49.0 Å². The van der Waals surface area contributed by atoms with Gasteiger partial charge in [0.1, 0.15) is 0 Å². The second-order valence-electron chi connectivity index (χ2n) is 7.03. The van der Waals surface area contributed by atoms with Crippen LogP contribution >= 0.6 is 11.6 Å². The molecular formula is C22H26ClNO3. The molecule has 0 radical (unpaired) electrons. The van der Waals surface area contributed by atoms with Crippen molar-refractivity contribution in [3.8, 4) is 11.5 Å². The second kappa shape index (κ2) is 8.96. The molecule has 0 saturated carbocycles. The van der Waals surface area contributed by atoms with Gasteiger partial charge in [-0.05, 0) is 60.2 Å². The summed E-state index contributed by atoms with van der Waals surface area (Å²) in [4.78, 5) is 12.8. The molecule has 0 aliphatic carbocycles. The summed E-state index contributed by atoms with van der Waals surface area (Å²) in [5.74, 6) is -0.332. The zero-order chi connectivity index (χ0) is 20.0. The molecule has 27 heavy (non-hydrogen) atoms. The highest BCUT2D eigenvalue weighted by molar-refractivity contribution is 6.30. The molecule has 5 heteroatoms. The van der Waals surface area contributed by atoms with Crippen LogP contribution in [0.3, 0.4) is 0 Å². The van der Waals surface area contributed by atoms with Crippen LogP contribution in [0.4, 0.5) is 0 Å². The molecule has 2 aromatic carbocycles. The first-order valence-electron chi connectivity index (χ1n) is 8.98. The van der Waals surface area contributed by atoms with Gasteiger partial charge in [-0.1, -0.05) is 50.2 Å². The number of aromatic hydroxyl groups is 2. The van der Waals surface area contributed by atoms with Crippen LogP contribution in [0.25, 0.3) is 5.57 Å². The minimum Gasteiger partial charge on any atom is -0.504 e. The SMILES string of the molecule is C=C(CC(C)(CC)C(=O)NCCc1ccc(O)c(O)c1)c1ccc(Cl)cc1. The third-order valence-corrected chi connectivity index (χ3v) is 5.18. The van der Waals surface area contributed by atoms with Crippen molar-refractivity contribution in [2.45, 2.75) is 33.1 Å². The van der Waals surface area contributed by atoms with E-state index in [4.69, 9.17) is 11.6 Å². The van der Waals surface area contributed by atoms with E-state index in [1.165, 1.54) is 12.1 Å². The Kier molecular flexibility index (Phi) is 6.92. The van der Waals surface area contributed by atoms with Gasteiger partial charge in [0.05, 0.1) is 5.41 Å². The molecule has 0 aromatic heterocycles. The Morgan fingerprint density at radius 2 is 1.81 bits per heavy atom. The normalized spacial score (nSPS) is 13.0. The maximum Gasteiger partial charge on any atom is 0.226 e. The van der Waals surface area contributed by atoms with Crippen molar-refractivity contribution in [1.29, 1.82) is 0 Å².